The summed E-state index contributed by atoms with van der Waals surface area (Å²) in [6.45, 7) is 8.44. The molecule has 0 radical (unpaired) electrons. The van der Waals surface area contributed by atoms with Crippen molar-refractivity contribution in [2.75, 3.05) is 4.23 Å². The monoisotopic (exact) mass is 277 g/mol. The highest BCUT2D eigenvalue weighted by molar-refractivity contribution is 7.34. The second-order valence-electron chi connectivity index (χ2n) is 4.49. The standard InChI is InChI=1S/C10H17Cl2NSi2/c1-14(2,11)13(15(3,4)12)10-8-6-5-7-9-10/h5-9H,1-4H3. The zero-order valence-electron chi connectivity index (χ0n) is 9.59. The lowest BCUT2D eigenvalue weighted by atomic mass is 10.3. The lowest BCUT2D eigenvalue weighted by Gasteiger charge is -2.41. The van der Waals surface area contributed by atoms with Gasteiger partial charge in [0.15, 0.2) is 0 Å². The number of benzene rings is 1. The number of anilines is 1. The lowest BCUT2D eigenvalue weighted by Crippen LogP contribution is -2.57. The maximum absolute atomic E-state index is 6.53. The number of nitrogens with zero attached hydrogens (tertiary/aromatic N) is 1. The molecule has 0 saturated heterocycles. The van der Waals surface area contributed by atoms with E-state index >= 15 is 0 Å². The Morgan fingerprint density at radius 1 is 0.867 bits per heavy atom. The Bertz CT molecular complexity index is 302. The predicted molar refractivity (Wildman–Crippen MR) is 75.6 cm³/mol. The Morgan fingerprint density at radius 2 is 1.27 bits per heavy atom. The first-order valence-electron chi connectivity index (χ1n) is 4.96. The fourth-order valence-electron chi connectivity index (χ4n) is 1.82. The molecular formula is C10H17Cl2NSi2. The van der Waals surface area contributed by atoms with Crippen LogP contribution in [-0.4, -0.2) is 15.1 Å². The molecule has 0 spiro atoms. The molecule has 0 fully saturated rings. The van der Waals surface area contributed by atoms with Crippen molar-refractivity contribution in [1.82, 2.24) is 0 Å². The van der Waals surface area contributed by atoms with E-state index in [0.29, 0.717) is 0 Å². The molecule has 0 aliphatic carbocycles. The maximum atomic E-state index is 6.53. The normalized spacial score (nSPS) is 12.7. The van der Waals surface area contributed by atoms with Crippen molar-refractivity contribution in [2.24, 2.45) is 0 Å². The second-order valence-corrected chi connectivity index (χ2v) is 17.0. The highest BCUT2D eigenvalue weighted by Crippen LogP contribution is 2.31. The minimum atomic E-state index is -1.93. The third kappa shape index (κ3) is 3.52. The molecule has 1 rings (SSSR count). The number of hydrogen-bond donors (Lipinski definition) is 0. The minimum absolute atomic E-state index is 1.15. The Morgan fingerprint density at radius 3 is 1.60 bits per heavy atom. The largest absolute Gasteiger partial charge is 0.401 e. The smallest absolute Gasteiger partial charge is 0.242 e. The Labute approximate surface area is 104 Å². The second kappa shape index (κ2) is 4.49. The average molecular weight is 278 g/mol. The molecule has 0 saturated carbocycles. The molecule has 0 aliphatic rings. The molecule has 0 N–H and O–H groups in total. The summed E-state index contributed by atoms with van der Waals surface area (Å²) in [4.78, 5) is 0. The van der Waals surface area contributed by atoms with Gasteiger partial charge in [-0.2, -0.15) is 0 Å². The molecule has 0 aliphatic heterocycles. The van der Waals surface area contributed by atoms with Crippen LogP contribution in [0, 0.1) is 0 Å². The van der Waals surface area contributed by atoms with E-state index in [4.69, 9.17) is 22.2 Å². The van der Waals surface area contributed by atoms with E-state index in [0.717, 1.165) is 5.69 Å². The Balaban J connectivity index is 3.15. The number of halogens is 2. The van der Waals surface area contributed by atoms with E-state index in [1.54, 1.807) is 0 Å². The third-order valence-electron chi connectivity index (χ3n) is 2.08. The Kier molecular flexibility index (Phi) is 3.92. The first-order chi connectivity index (χ1) is 6.73. The number of hydrogen-bond acceptors (Lipinski definition) is 1. The molecule has 84 valence electrons. The summed E-state index contributed by atoms with van der Waals surface area (Å²) in [7, 11) is -3.86. The summed E-state index contributed by atoms with van der Waals surface area (Å²) < 4.78 is 2.27. The van der Waals surface area contributed by atoms with Crippen LogP contribution in [0.5, 0.6) is 0 Å². The molecular weight excluding hydrogens is 261 g/mol. The first-order valence-corrected chi connectivity index (χ1v) is 12.9. The number of rotatable bonds is 3. The summed E-state index contributed by atoms with van der Waals surface area (Å²) in [6, 6.07) is 10.2. The van der Waals surface area contributed by atoms with Crippen LogP contribution in [0.2, 0.25) is 26.2 Å². The van der Waals surface area contributed by atoms with Crippen LogP contribution in [0.25, 0.3) is 0 Å². The topological polar surface area (TPSA) is 3.24 Å². The van der Waals surface area contributed by atoms with Crippen LogP contribution in [0.3, 0.4) is 0 Å². The predicted octanol–water partition coefficient (Wildman–Crippen LogP) is 4.37. The van der Waals surface area contributed by atoms with Gasteiger partial charge in [-0.15, -0.1) is 22.2 Å². The van der Waals surface area contributed by atoms with Crippen LogP contribution in [-0.2, 0) is 0 Å². The van der Waals surface area contributed by atoms with Gasteiger partial charge >= 0.3 is 0 Å². The molecule has 0 bridgehead atoms. The number of para-hydroxylation sites is 1. The van der Waals surface area contributed by atoms with Crippen molar-refractivity contribution in [3.8, 4) is 0 Å². The van der Waals surface area contributed by atoms with Crippen LogP contribution in [0.1, 0.15) is 0 Å². The van der Waals surface area contributed by atoms with E-state index < -0.39 is 15.1 Å². The zero-order valence-corrected chi connectivity index (χ0v) is 13.1. The van der Waals surface area contributed by atoms with Crippen molar-refractivity contribution in [3.63, 3.8) is 0 Å². The van der Waals surface area contributed by atoms with Crippen molar-refractivity contribution in [2.45, 2.75) is 26.2 Å². The summed E-state index contributed by atoms with van der Waals surface area (Å²) >= 11 is 13.1. The summed E-state index contributed by atoms with van der Waals surface area (Å²) in [5, 5.41) is 0. The first kappa shape index (κ1) is 13.1. The third-order valence-corrected chi connectivity index (χ3v) is 9.94. The van der Waals surface area contributed by atoms with Gasteiger partial charge in [0.2, 0.25) is 15.1 Å². The van der Waals surface area contributed by atoms with Crippen LogP contribution < -0.4 is 4.23 Å². The van der Waals surface area contributed by atoms with Crippen molar-refractivity contribution in [3.05, 3.63) is 30.3 Å². The molecule has 15 heavy (non-hydrogen) atoms. The highest BCUT2D eigenvalue weighted by atomic mass is 35.6. The molecule has 0 atom stereocenters. The van der Waals surface area contributed by atoms with Crippen molar-refractivity contribution in [1.29, 1.82) is 0 Å². The van der Waals surface area contributed by atoms with Gasteiger partial charge in [-0.25, -0.2) is 0 Å². The van der Waals surface area contributed by atoms with E-state index in [1.165, 1.54) is 0 Å². The average Bonchev–Trinajstić information content (AvgIpc) is 2.00. The summed E-state index contributed by atoms with van der Waals surface area (Å²) in [5.74, 6) is 0. The van der Waals surface area contributed by atoms with Gasteiger partial charge in [0.25, 0.3) is 0 Å². The van der Waals surface area contributed by atoms with Gasteiger partial charge in [-0.3, -0.25) is 0 Å². The Hall–Kier alpha value is 0.0338. The molecule has 0 amide bonds. The quantitative estimate of drug-likeness (QED) is 0.586. The molecule has 1 aromatic carbocycles. The maximum Gasteiger partial charge on any atom is 0.242 e. The van der Waals surface area contributed by atoms with Gasteiger partial charge in [0, 0.05) is 5.69 Å². The van der Waals surface area contributed by atoms with Gasteiger partial charge in [0.1, 0.15) is 0 Å². The van der Waals surface area contributed by atoms with Gasteiger partial charge in [-0.1, -0.05) is 18.2 Å². The minimum Gasteiger partial charge on any atom is -0.401 e. The zero-order chi connectivity index (χ0) is 11.7. The molecule has 1 aromatic rings. The van der Waals surface area contributed by atoms with Gasteiger partial charge < -0.3 is 4.23 Å². The molecule has 0 aromatic heterocycles. The van der Waals surface area contributed by atoms with Crippen LogP contribution in [0.4, 0.5) is 5.69 Å². The van der Waals surface area contributed by atoms with Crippen LogP contribution >= 0.6 is 22.2 Å². The molecule has 5 heteroatoms. The van der Waals surface area contributed by atoms with E-state index in [-0.39, 0.29) is 0 Å². The van der Waals surface area contributed by atoms with E-state index in [9.17, 15) is 0 Å². The molecule has 0 unspecified atom stereocenters. The highest BCUT2D eigenvalue weighted by Gasteiger charge is 2.39. The van der Waals surface area contributed by atoms with Gasteiger partial charge in [0.05, 0.1) is 0 Å². The molecule has 1 nitrogen and oxygen atoms in total. The van der Waals surface area contributed by atoms with Gasteiger partial charge in [-0.05, 0) is 38.3 Å². The summed E-state index contributed by atoms with van der Waals surface area (Å²) in [6.07, 6.45) is 0. The fraction of sp³-hybridized carbons (Fsp3) is 0.400. The summed E-state index contributed by atoms with van der Waals surface area (Å²) in [5.41, 5.74) is 1.15. The van der Waals surface area contributed by atoms with Crippen molar-refractivity contribution < 1.29 is 0 Å². The lowest BCUT2D eigenvalue weighted by molar-refractivity contribution is 1.43. The van der Waals surface area contributed by atoms with E-state index in [1.807, 2.05) is 18.2 Å². The fourth-order valence-corrected chi connectivity index (χ4v) is 13.2. The van der Waals surface area contributed by atoms with Crippen molar-refractivity contribution >= 4 is 42.9 Å². The molecule has 0 heterocycles. The SMILES string of the molecule is C[Si](C)(Cl)N(c1ccccc1)[Si](C)(C)Cl. The van der Waals surface area contributed by atoms with Crippen LogP contribution in [0.15, 0.2) is 30.3 Å². The van der Waals surface area contributed by atoms with E-state index in [2.05, 4.69) is 42.6 Å².